The Bertz CT molecular complexity index is 603. The van der Waals surface area contributed by atoms with Gasteiger partial charge in [0.15, 0.2) is 0 Å². The third-order valence-corrected chi connectivity index (χ3v) is 3.92. The normalized spacial score (nSPS) is 18.2. The molecule has 1 aliphatic heterocycles. The first-order chi connectivity index (χ1) is 9.74. The van der Waals surface area contributed by atoms with Crippen molar-refractivity contribution in [3.63, 3.8) is 0 Å². The van der Waals surface area contributed by atoms with Crippen LogP contribution in [0.1, 0.15) is 21.8 Å². The lowest BCUT2D eigenvalue weighted by Gasteiger charge is -2.15. The van der Waals surface area contributed by atoms with Crippen molar-refractivity contribution in [1.29, 1.82) is 0 Å². The molecule has 0 aliphatic carbocycles. The topological polar surface area (TPSA) is 81.1 Å². The standard InChI is InChI=1S/C12H13N5O2S/c1-8-11(20-16-15-8)12(18)17-5-2-9(7-17)19-10-6-13-3-4-14-10/h3-4,6,9H,2,5,7H2,1H3. The van der Waals surface area contributed by atoms with Gasteiger partial charge in [0.1, 0.15) is 11.0 Å². The van der Waals surface area contributed by atoms with Gasteiger partial charge in [-0.1, -0.05) is 4.49 Å². The zero-order valence-electron chi connectivity index (χ0n) is 10.9. The van der Waals surface area contributed by atoms with Gasteiger partial charge in [-0.05, 0) is 18.5 Å². The molecule has 1 amide bonds. The molecule has 1 fully saturated rings. The molecule has 2 aromatic rings. The number of amides is 1. The Labute approximate surface area is 119 Å². The highest BCUT2D eigenvalue weighted by molar-refractivity contribution is 7.07. The van der Waals surface area contributed by atoms with Crippen LogP contribution in [0.25, 0.3) is 0 Å². The Balaban J connectivity index is 1.62. The van der Waals surface area contributed by atoms with Gasteiger partial charge in [0, 0.05) is 25.4 Å². The second-order valence-corrected chi connectivity index (χ2v) is 5.26. The van der Waals surface area contributed by atoms with Crippen LogP contribution in [-0.4, -0.2) is 49.6 Å². The summed E-state index contributed by atoms with van der Waals surface area (Å²) in [7, 11) is 0. The Hall–Kier alpha value is -2.09. The summed E-state index contributed by atoms with van der Waals surface area (Å²) in [5.41, 5.74) is 0.679. The quantitative estimate of drug-likeness (QED) is 0.837. The smallest absolute Gasteiger partial charge is 0.267 e. The molecule has 104 valence electrons. The molecule has 1 saturated heterocycles. The Morgan fingerprint density at radius 1 is 1.50 bits per heavy atom. The van der Waals surface area contributed by atoms with E-state index in [9.17, 15) is 4.79 Å². The average molecular weight is 291 g/mol. The summed E-state index contributed by atoms with van der Waals surface area (Å²) in [6.07, 6.45) is 5.49. The number of aromatic nitrogens is 4. The first-order valence-corrected chi connectivity index (χ1v) is 7.02. The maximum Gasteiger partial charge on any atom is 0.267 e. The highest BCUT2D eigenvalue weighted by Crippen LogP contribution is 2.20. The summed E-state index contributed by atoms with van der Waals surface area (Å²) in [6.45, 7) is 3.01. The number of ether oxygens (including phenoxy) is 1. The van der Waals surface area contributed by atoms with Crippen molar-refractivity contribution in [3.05, 3.63) is 29.2 Å². The molecule has 0 aromatic carbocycles. The van der Waals surface area contributed by atoms with Crippen LogP contribution in [0.4, 0.5) is 0 Å². The molecule has 8 heteroatoms. The first kappa shape index (κ1) is 12.9. The van der Waals surface area contributed by atoms with E-state index < -0.39 is 0 Å². The van der Waals surface area contributed by atoms with Crippen molar-refractivity contribution < 1.29 is 9.53 Å². The number of hydrogen-bond donors (Lipinski definition) is 0. The molecule has 0 saturated carbocycles. The van der Waals surface area contributed by atoms with Gasteiger partial charge in [0.05, 0.1) is 18.4 Å². The van der Waals surface area contributed by atoms with Crippen molar-refractivity contribution in [3.8, 4) is 5.88 Å². The molecule has 0 spiro atoms. The maximum atomic E-state index is 12.3. The number of hydrogen-bond acceptors (Lipinski definition) is 7. The van der Waals surface area contributed by atoms with Crippen LogP contribution in [0.3, 0.4) is 0 Å². The van der Waals surface area contributed by atoms with Crippen LogP contribution >= 0.6 is 11.5 Å². The number of carbonyl (C=O) groups excluding carboxylic acids is 1. The molecule has 3 heterocycles. The Morgan fingerprint density at radius 2 is 2.40 bits per heavy atom. The highest BCUT2D eigenvalue weighted by atomic mass is 32.1. The molecule has 1 atom stereocenters. The summed E-state index contributed by atoms with van der Waals surface area (Å²) in [4.78, 5) is 22.7. The van der Waals surface area contributed by atoms with Crippen molar-refractivity contribution >= 4 is 17.4 Å². The second kappa shape index (κ2) is 5.49. The predicted molar refractivity (Wildman–Crippen MR) is 71.6 cm³/mol. The first-order valence-electron chi connectivity index (χ1n) is 6.25. The number of rotatable bonds is 3. The zero-order valence-corrected chi connectivity index (χ0v) is 11.7. The number of likely N-dealkylation sites (tertiary alicyclic amines) is 1. The van der Waals surface area contributed by atoms with Gasteiger partial charge in [-0.15, -0.1) is 5.10 Å². The van der Waals surface area contributed by atoms with Gasteiger partial charge in [-0.3, -0.25) is 9.78 Å². The molecule has 7 nitrogen and oxygen atoms in total. The Morgan fingerprint density at radius 3 is 3.10 bits per heavy atom. The van der Waals surface area contributed by atoms with Crippen LogP contribution in [0, 0.1) is 6.92 Å². The minimum Gasteiger partial charge on any atom is -0.471 e. The SMILES string of the molecule is Cc1nnsc1C(=O)N1CCC(Oc2cnccn2)C1. The lowest BCUT2D eigenvalue weighted by molar-refractivity contribution is 0.0775. The van der Waals surface area contributed by atoms with E-state index in [0.29, 0.717) is 29.5 Å². The van der Waals surface area contributed by atoms with Gasteiger partial charge in [-0.2, -0.15) is 0 Å². The third-order valence-electron chi connectivity index (χ3n) is 3.10. The zero-order chi connectivity index (χ0) is 13.9. The lowest BCUT2D eigenvalue weighted by atomic mass is 10.3. The van der Waals surface area contributed by atoms with Crippen LogP contribution in [-0.2, 0) is 0 Å². The van der Waals surface area contributed by atoms with E-state index in [2.05, 4.69) is 19.6 Å². The Kier molecular flexibility index (Phi) is 3.55. The van der Waals surface area contributed by atoms with Crippen LogP contribution in [0.15, 0.2) is 18.6 Å². The van der Waals surface area contributed by atoms with Gasteiger partial charge in [0.25, 0.3) is 5.91 Å². The fourth-order valence-corrected chi connectivity index (χ4v) is 2.72. The fraction of sp³-hybridized carbons (Fsp3) is 0.417. The minimum atomic E-state index is -0.0446. The summed E-state index contributed by atoms with van der Waals surface area (Å²) in [5.74, 6) is 0.463. The van der Waals surface area contributed by atoms with Gasteiger partial charge < -0.3 is 9.64 Å². The van der Waals surface area contributed by atoms with Crippen molar-refractivity contribution in [2.45, 2.75) is 19.4 Å². The number of nitrogens with zero attached hydrogens (tertiary/aromatic N) is 5. The molecule has 0 radical (unpaired) electrons. The molecule has 20 heavy (non-hydrogen) atoms. The van der Waals surface area contributed by atoms with E-state index >= 15 is 0 Å². The third kappa shape index (κ3) is 2.60. The van der Waals surface area contributed by atoms with Crippen molar-refractivity contribution in [2.24, 2.45) is 0 Å². The molecule has 3 rings (SSSR count). The van der Waals surface area contributed by atoms with E-state index in [1.807, 2.05) is 0 Å². The van der Waals surface area contributed by atoms with Crippen molar-refractivity contribution in [1.82, 2.24) is 24.5 Å². The minimum absolute atomic E-state index is 0.0252. The molecular formula is C12H13N5O2S. The predicted octanol–water partition coefficient (Wildman–Crippen LogP) is 0.930. The number of aryl methyl sites for hydroxylation is 1. The van der Waals surface area contributed by atoms with E-state index in [4.69, 9.17) is 4.74 Å². The molecule has 0 bridgehead atoms. The van der Waals surface area contributed by atoms with E-state index in [1.165, 1.54) is 0 Å². The lowest BCUT2D eigenvalue weighted by Crippen LogP contribution is -2.30. The van der Waals surface area contributed by atoms with Crippen LogP contribution in [0.2, 0.25) is 0 Å². The van der Waals surface area contributed by atoms with Gasteiger partial charge >= 0.3 is 0 Å². The van der Waals surface area contributed by atoms with Crippen LogP contribution < -0.4 is 4.74 Å². The molecule has 2 aromatic heterocycles. The van der Waals surface area contributed by atoms with Crippen molar-refractivity contribution in [2.75, 3.05) is 13.1 Å². The summed E-state index contributed by atoms with van der Waals surface area (Å²) in [5, 5.41) is 3.87. The molecule has 1 unspecified atom stereocenters. The second-order valence-electron chi connectivity index (χ2n) is 4.51. The molecule has 1 aliphatic rings. The molecule has 0 N–H and O–H groups in total. The van der Waals surface area contributed by atoms with Gasteiger partial charge in [0.2, 0.25) is 5.88 Å². The van der Waals surface area contributed by atoms with Crippen LogP contribution in [0.5, 0.6) is 5.88 Å². The van der Waals surface area contributed by atoms with Gasteiger partial charge in [-0.25, -0.2) is 4.98 Å². The average Bonchev–Trinajstić information content (AvgIpc) is 3.08. The fourth-order valence-electron chi connectivity index (χ4n) is 2.10. The monoisotopic (exact) mass is 291 g/mol. The molecular weight excluding hydrogens is 278 g/mol. The van der Waals surface area contributed by atoms with E-state index in [1.54, 1.807) is 30.4 Å². The largest absolute Gasteiger partial charge is 0.471 e. The van der Waals surface area contributed by atoms with E-state index in [-0.39, 0.29) is 12.0 Å². The number of carbonyl (C=O) groups is 1. The van der Waals surface area contributed by atoms with E-state index in [0.717, 1.165) is 18.0 Å². The summed E-state index contributed by atoms with van der Waals surface area (Å²) >= 11 is 1.13. The maximum absolute atomic E-state index is 12.3. The summed E-state index contributed by atoms with van der Waals surface area (Å²) < 4.78 is 9.50. The highest BCUT2D eigenvalue weighted by Gasteiger charge is 2.30. The summed E-state index contributed by atoms with van der Waals surface area (Å²) in [6, 6.07) is 0.